The Morgan fingerprint density at radius 1 is 1.00 bits per heavy atom. The van der Waals surface area contributed by atoms with Crippen molar-refractivity contribution in [3.63, 3.8) is 0 Å². The Morgan fingerprint density at radius 2 is 1.87 bits per heavy atom. The third-order valence-electron chi connectivity index (χ3n) is 5.05. The molecule has 0 aliphatic carbocycles. The maximum atomic E-state index is 8.94. The summed E-state index contributed by atoms with van der Waals surface area (Å²) in [6.07, 6.45) is 6.67. The summed E-state index contributed by atoms with van der Waals surface area (Å²) in [5, 5.41) is 17.7. The van der Waals surface area contributed by atoms with Crippen LogP contribution in [0.2, 0.25) is 0 Å². The molecule has 0 atom stereocenters. The van der Waals surface area contributed by atoms with Gasteiger partial charge in [0, 0.05) is 37.8 Å². The summed E-state index contributed by atoms with van der Waals surface area (Å²) in [5.74, 6) is 2.03. The molecule has 1 aliphatic rings. The van der Waals surface area contributed by atoms with Gasteiger partial charge in [0.05, 0.1) is 36.4 Å². The van der Waals surface area contributed by atoms with E-state index in [2.05, 4.69) is 30.3 Å². The second kappa shape index (κ2) is 8.62. The van der Waals surface area contributed by atoms with E-state index >= 15 is 0 Å². The fourth-order valence-corrected chi connectivity index (χ4v) is 3.53. The number of anilines is 1. The number of pyridine rings is 2. The zero-order valence-electron chi connectivity index (χ0n) is 16.8. The van der Waals surface area contributed by atoms with E-state index < -0.39 is 0 Å². The molecule has 0 bridgehead atoms. The summed E-state index contributed by atoms with van der Waals surface area (Å²) >= 11 is 0. The highest BCUT2D eigenvalue weighted by molar-refractivity contribution is 5.82. The lowest BCUT2D eigenvalue weighted by molar-refractivity contribution is 0.196. The molecule has 1 aliphatic heterocycles. The molecule has 158 valence electrons. The second-order valence-corrected chi connectivity index (χ2v) is 7.09. The van der Waals surface area contributed by atoms with E-state index in [1.165, 1.54) is 6.20 Å². The monoisotopic (exact) mass is 418 g/mol. The van der Waals surface area contributed by atoms with Crippen LogP contribution < -0.4 is 15.0 Å². The molecule has 5 heterocycles. The number of aliphatic hydroxyl groups is 1. The molecule has 4 aromatic heterocycles. The van der Waals surface area contributed by atoms with Crippen molar-refractivity contribution in [2.45, 2.75) is 0 Å². The van der Waals surface area contributed by atoms with Crippen molar-refractivity contribution in [3.8, 4) is 23.1 Å². The van der Waals surface area contributed by atoms with E-state index in [9.17, 15) is 0 Å². The number of ether oxygens (including phenoxy) is 1. The third kappa shape index (κ3) is 4.03. The molecular weight excluding hydrogens is 396 g/mol. The van der Waals surface area contributed by atoms with E-state index in [0.29, 0.717) is 17.3 Å². The lowest BCUT2D eigenvalue weighted by Gasteiger charge is -2.28. The van der Waals surface area contributed by atoms with Crippen LogP contribution in [0.3, 0.4) is 0 Å². The average Bonchev–Trinajstić information content (AvgIpc) is 3.27. The van der Waals surface area contributed by atoms with Gasteiger partial charge >= 0.3 is 0 Å². The number of hydrogen-bond donors (Lipinski definition) is 2. The number of aliphatic hydroxyl groups excluding tert-OH is 1. The largest absolute Gasteiger partial charge is 0.474 e. The minimum atomic E-state index is -0.0880. The average molecular weight is 418 g/mol. The van der Waals surface area contributed by atoms with Gasteiger partial charge in [0.1, 0.15) is 18.1 Å². The van der Waals surface area contributed by atoms with Crippen molar-refractivity contribution in [2.24, 2.45) is 0 Å². The van der Waals surface area contributed by atoms with Crippen molar-refractivity contribution in [2.75, 3.05) is 44.3 Å². The quantitative estimate of drug-likeness (QED) is 0.474. The second-order valence-electron chi connectivity index (χ2n) is 7.09. The molecule has 4 aromatic rings. The van der Waals surface area contributed by atoms with Crippen molar-refractivity contribution in [1.29, 1.82) is 0 Å². The van der Waals surface area contributed by atoms with E-state index in [-0.39, 0.29) is 13.2 Å². The van der Waals surface area contributed by atoms with Crippen molar-refractivity contribution < 1.29 is 9.84 Å². The molecule has 31 heavy (non-hydrogen) atoms. The van der Waals surface area contributed by atoms with E-state index in [1.807, 2.05) is 28.9 Å². The molecule has 0 saturated carbocycles. The molecule has 1 saturated heterocycles. The third-order valence-corrected chi connectivity index (χ3v) is 5.05. The van der Waals surface area contributed by atoms with Gasteiger partial charge in [-0.3, -0.25) is 9.97 Å². The number of nitrogens with zero attached hydrogens (tertiary/aromatic N) is 7. The molecular formula is C21H22N8O2. The van der Waals surface area contributed by atoms with Gasteiger partial charge in [0.25, 0.3) is 0 Å². The minimum Gasteiger partial charge on any atom is -0.474 e. The molecule has 0 amide bonds. The van der Waals surface area contributed by atoms with Gasteiger partial charge < -0.3 is 20.1 Å². The summed E-state index contributed by atoms with van der Waals surface area (Å²) in [6.45, 7) is 3.83. The zero-order valence-corrected chi connectivity index (χ0v) is 16.8. The van der Waals surface area contributed by atoms with Crippen LogP contribution in [0, 0.1) is 0 Å². The maximum Gasteiger partial charge on any atom is 0.233 e. The first-order chi connectivity index (χ1) is 15.3. The number of nitrogens with one attached hydrogen (secondary N) is 1. The topological polar surface area (TPSA) is 114 Å². The molecule has 0 unspecified atom stereocenters. The standard InChI is InChI=1S/C21H22N8O2/c30-8-9-31-21-14-23-13-17(26-21)16-10-18-15(11-24-16)12-25-29(18)20-3-1-2-19(27-20)28-6-4-22-5-7-28/h1-3,10-14,22,30H,4-9H2. The number of rotatable bonds is 6. The fraction of sp³-hybridized carbons (Fsp3) is 0.286. The summed E-state index contributed by atoms with van der Waals surface area (Å²) in [5.41, 5.74) is 2.10. The Kier molecular flexibility index (Phi) is 5.38. The Bertz CT molecular complexity index is 1190. The van der Waals surface area contributed by atoms with Gasteiger partial charge in [-0.15, -0.1) is 0 Å². The predicted octanol–water partition coefficient (Wildman–Crippen LogP) is 1.05. The molecule has 10 nitrogen and oxygen atoms in total. The lowest BCUT2D eigenvalue weighted by atomic mass is 10.2. The van der Waals surface area contributed by atoms with Gasteiger partial charge in [-0.2, -0.15) is 5.10 Å². The number of fused-ring (bicyclic) bond motifs is 1. The van der Waals surface area contributed by atoms with Gasteiger partial charge in [-0.25, -0.2) is 14.6 Å². The molecule has 1 fully saturated rings. The van der Waals surface area contributed by atoms with Crippen LogP contribution in [-0.2, 0) is 0 Å². The van der Waals surface area contributed by atoms with Gasteiger partial charge in [-0.1, -0.05) is 6.07 Å². The van der Waals surface area contributed by atoms with Crippen LogP contribution in [0.1, 0.15) is 0 Å². The van der Waals surface area contributed by atoms with Crippen LogP contribution in [0.5, 0.6) is 5.88 Å². The first-order valence-corrected chi connectivity index (χ1v) is 10.1. The zero-order chi connectivity index (χ0) is 21.0. The summed E-state index contributed by atoms with van der Waals surface area (Å²) < 4.78 is 7.18. The number of piperazine rings is 1. The highest BCUT2D eigenvalue weighted by Gasteiger charge is 2.14. The van der Waals surface area contributed by atoms with Gasteiger partial charge in [0.2, 0.25) is 5.88 Å². The molecule has 5 rings (SSSR count). The summed E-state index contributed by atoms with van der Waals surface area (Å²) in [6, 6.07) is 7.90. The highest BCUT2D eigenvalue weighted by Crippen LogP contribution is 2.24. The Hall–Kier alpha value is -3.63. The van der Waals surface area contributed by atoms with Crippen molar-refractivity contribution >= 4 is 16.7 Å². The number of hydrogen-bond acceptors (Lipinski definition) is 9. The summed E-state index contributed by atoms with van der Waals surface area (Å²) in [4.78, 5) is 20.2. The Morgan fingerprint density at radius 3 is 2.74 bits per heavy atom. The normalized spacial score (nSPS) is 14.2. The van der Waals surface area contributed by atoms with Crippen LogP contribution in [0.15, 0.2) is 49.1 Å². The first-order valence-electron chi connectivity index (χ1n) is 10.1. The Labute approximate surface area is 178 Å². The minimum absolute atomic E-state index is 0.0880. The van der Waals surface area contributed by atoms with Gasteiger partial charge in [0.15, 0.2) is 5.82 Å². The molecule has 0 radical (unpaired) electrons. The van der Waals surface area contributed by atoms with Crippen LogP contribution >= 0.6 is 0 Å². The van der Waals surface area contributed by atoms with E-state index in [1.54, 1.807) is 18.6 Å². The lowest BCUT2D eigenvalue weighted by Crippen LogP contribution is -2.43. The molecule has 10 heteroatoms. The molecule has 2 N–H and O–H groups in total. The Balaban J connectivity index is 1.50. The molecule has 0 aromatic carbocycles. The van der Waals surface area contributed by atoms with E-state index in [0.717, 1.165) is 48.7 Å². The van der Waals surface area contributed by atoms with Crippen molar-refractivity contribution in [3.05, 3.63) is 49.1 Å². The van der Waals surface area contributed by atoms with E-state index in [4.69, 9.17) is 14.8 Å². The SMILES string of the molecule is OCCOc1cncc(-c2cc3c(cn2)cnn3-c2cccc(N3CCNCC3)n2)n1. The first kappa shape index (κ1) is 19.3. The van der Waals surface area contributed by atoms with Crippen LogP contribution in [0.25, 0.3) is 28.1 Å². The van der Waals surface area contributed by atoms with Crippen molar-refractivity contribution in [1.82, 2.24) is 35.0 Å². The maximum absolute atomic E-state index is 8.94. The fourth-order valence-electron chi connectivity index (χ4n) is 3.53. The molecule has 0 spiro atoms. The summed E-state index contributed by atoms with van der Waals surface area (Å²) in [7, 11) is 0. The smallest absolute Gasteiger partial charge is 0.233 e. The van der Waals surface area contributed by atoms with Crippen LogP contribution in [0.4, 0.5) is 5.82 Å². The highest BCUT2D eigenvalue weighted by atomic mass is 16.5. The van der Waals surface area contributed by atoms with Gasteiger partial charge in [-0.05, 0) is 18.2 Å². The predicted molar refractivity (Wildman–Crippen MR) is 115 cm³/mol. The number of aromatic nitrogens is 6. The van der Waals surface area contributed by atoms with Crippen LogP contribution in [-0.4, -0.2) is 74.2 Å².